The summed E-state index contributed by atoms with van der Waals surface area (Å²) in [7, 11) is 0. The Morgan fingerprint density at radius 1 is 1.25 bits per heavy atom. The van der Waals surface area contributed by atoms with E-state index in [1.165, 1.54) is 0 Å². The van der Waals surface area contributed by atoms with Crippen LogP contribution >= 0.6 is 0 Å². The molecule has 0 bridgehead atoms. The van der Waals surface area contributed by atoms with E-state index in [1.54, 1.807) is 6.07 Å². The molecule has 6 heteroatoms. The Hall–Kier alpha value is -1.53. The second kappa shape index (κ2) is 5.85. The number of aliphatic hydroxyl groups is 1. The summed E-state index contributed by atoms with van der Waals surface area (Å²) in [6.45, 7) is 4.73. The van der Waals surface area contributed by atoms with Crippen LogP contribution in [-0.4, -0.2) is 65.3 Å². The molecule has 1 aromatic rings. The minimum atomic E-state index is -0.110. The molecule has 6 nitrogen and oxygen atoms in total. The van der Waals surface area contributed by atoms with Gasteiger partial charge in [0.2, 0.25) is 0 Å². The number of aliphatic hydroxyl groups excluding tert-OH is 1. The van der Waals surface area contributed by atoms with Gasteiger partial charge in [-0.2, -0.15) is 0 Å². The molecule has 2 aliphatic heterocycles. The molecule has 0 saturated carbocycles. The molecule has 0 atom stereocenters. The number of β-amino-alcohol motifs (C(OH)–C–C–N with tert-alkyl or cyclic N) is 1. The third-order valence-electron chi connectivity index (χ3n) is 4.18. The lowest BCUT2D eigenvalue weighted by atomic mass is 9.94. The van der Waals surface area contributed by atoms with Gasteiger partial charge in [-0.3, -0.25) is 9.69 Å². The summed E-state index contributed by atoms with van der Waals surface area (Å²) in [5, 5.41) is 17.3. The monoisotopic (exact) mass is 276 g/mol. The molecule has 3 heterocycles. The van der Waals surface area contributed by atoms with E-state index in [1.807, 2.05) is 6.07 Å². The van der Waals surface area contributed by atoms with Crippen LogP contribution in [0.15, 0.2) is 12.1 Å². The molecule has 1 aromatic heterocycles. The zero-order chi connectivity index (χ0) is 13.9. The maximum atomic E-state index is 10.6. The summed E-state index contributed by atoms with van der Waals surface area (Å²) in [4.78, 5) is 15.1. The number of anilines is 1. The largest absolute Gasteiger partial charge is 0.390 e. The van der Waals surface area contributed by atoms with Crippen LogP contribution in [0, 0.1) is 5.92 Å². The van der Waals surface area contributed by atoms with Crippen molar-refractivity contribution in [2.45, 2.75) is 18.9 Å². The molecule has 20 heavy (non-hydrogen) atoms. The number of carbonyl (C=O) groups is 1. The molecule has 0 radical (unpaired) electrons. The number of rotatable bonds is 4. The predicted molar refractivity (Wildman–Crippen MR) is 74.8 cm³/mol. The number of carbonyl (C=O) groups excluding carboxylic acids is 1. The van der Waals surface area contributed by atoms with Crippen molar-refractivity contribution in [3.8, 4) is 0 Å². The molecule has 0 aliphatic carbocycles. The van der Waals surface area contributed by atoms with E-state index in [0.717, 1.165) is 51.4 Å². The van der Waals surface area contributed by atoms with E-state index >= 15 is 0 Å². The molecule has 2 fully saturated rings. The van der Waals surface area contributed by atoms with E-state index in [-0.39, 0.29) is 6.10 Å². The first kappa shape index (κ1) is 13.5. The Morgan fingerprint density at radius 3 is 2.55 bits per heavy atom. The summed E-state index contributed by atoms with van der Waals surface area (Å²) in [5.41, 5.74) is 0.375. The van der Waals surface area contributed by atoms with Crippen molar-refractivity contribution in [3.63, 3.8) is 0 Å². The fraction of sp³-hybridized carbons (Fsp3) is 0.643. The van der Waals surface area contributed by atoms with Gasteiger partial charge in [-0.1, -0.05) is 0 Å². The number of aldehydes is 1. The average Bonchev–Trinajstić information content (AvgIpc) is 2.47. The van der Waals surface area contributed by atoms with Gasteiger partial charge in [-0.05, 0) is 30.9 Å². The van der Waals surface area contributed by atoms with Crippen molar-refractivity contribution in [2.75, 3.05) is 37.6 Å². The number of piperidine rings is 1. The first-order valence-corrected chi connectivity index (χ1v) is 7.19. The third kappa shape index (κ3) is 2.96. The Kier molecular flexibility index (Phi) is 3.93. The highest BCUT2D eigenvalue weighted by Gasteiger charge is 2.28. The van der Waals surface area contributed by atoms with Gasteiger partial charge in [0.1, 0.15) is 5.69 Å². The quantitative estimate of drug-likeness (QED) is 0.791. The number of hydrogen-bond acceptors (Lipinski definition) is 6. The fourth-order valence-corrected chi connectivity index (χ4v) is 2.97. The van der Waals surface area contributed by atoms with Gasteiger partial charge in [0.05, 0.1) is 6.10 Å². The van der Waals surface area contributed by atoms with Crippen LogP contribution in [0.25, 0.3) is 0 Å². The number of likely N-dealkylation sites (tertiary alicyclic amines) is 1. The Morgan fingerprint density at radius 2 is 2.00 bits per heavy atom. The standard InChI is InChI=1S/C14H20N4O2/c19-10-12-1-2-14(16-15-12)18-5-3-11(4-6-18)7-17-8-13(20)9-17/h1-2,10-11,13,20H,3-9H2. The summed E-state index contributed by atoms with van der Waals surface area (Å²) in [6.07, 6.45) is 2.89. The lowest BCUT2D eigenvalue weighted by Crippen LogP contribution is -2.53. The lowest BCUT2D eigenvalue weighted by molar-refractivity contribution is -0.00837. The minimum Gasteiger partial charge on any atom is -0.390 e. The molecular formula is C14H20N4O2. The predicted octanol–water partition coefficient (Wildman–Crippen LogP) is 0.182. The highest BCUT2D eigenvalue weighted by molar-refractivity contribution is 5.71. The number of aromatic nitrogens is 2. The molecule has 0 unspecified atom stereocenters. The van der Waals surface area contributed by atoms with Crippen molar-refractivity contribution in [1.82, 2.24) is 15.1 Å². The highest BCUT2D eigenvalue weighted by Crippen LogP contribution is 2.23. The fourth-order valence-electron chi connectivity index (χ4n) is 2.97. The van der Waals surface area contributed by atoms with Crippen LogP contribution < -0.4 is 4.90 Å². The second-order valence-electron chi connectivity index (χ2n) is 5.74. The van der Waals surface area contributed by atoms with Crippen LogP contribution in [0.3, 0.4) is 0 Å². The van der Waals surface area contributed by atoms with Crippen LogP contribution in [0.2, 0.25) is 0 Å². The maximum Gasteiger partial charge on any atom is 0.170 e. The Labute approximate surface area is 118 Å². The summed E-state index contributed by atoms with van der Waals surface area (Å²) in [6, 6.07) is 3.58. The molecule has 1 N–H and O–H groups in total. The van der Waals surface area contributed by atoms with Gasteiger partial charge in [0.25, 0.3) is 0 Å². The van der Waals surface area contributed by atoms with Crippen molar-refractivity contribution in [3.05, 3.63) is 17.8 Å². The maximum absolute atomic E-state index is 10.6. The lowest BCUT2D eigenvalue weighted by Gasteiger charge is -2.40. The SMILES string of the molecule is O=Cc1ccc(N2CCC(CN3CC(O)C3)CC2)nn1. The molecule has 0 spiro atoms. The first-order chi connectivity index (χ1) is 9.74. The van der Waals surface area contributed by atoms with Crippen LogP contribution in [0.1, 0.15) is 23.3 Å². The second-order valence-corrected chi connectivity index (χ2v) is 5.74. The van der Waals surface area contributed by atoms with Crippen LogP contribution in [0.5, 0.6) is 0 Å². The number of nitrogens with zero attached hydrogens (tertiary/aromatic N) is 4. The van der Waals surface area contributed by atoms with Gasteiger partial charge >= 0.3 is 0 Å². The molecular weight excluding hydrogens is 256 g/mol. The smallest absolute Gasteiger partial charge is 0.170 e. The van der Waals surface area contributed by atoms with Crippen LogP contribution in [-0.2, 0) is 0 Å². The summed E-state index contributed by atoms with van der Waals surface area (Å²) in [5.74, 6) is 1.56. The third-order valence-corrected chi connectivity index (χ3v) is 4.18. The molecule has 2 aliphatic rings. The van der Waals surface area contributed by atoms with Gasteiger partial charge in [-0.25, -0.2) is 0 Å². The molecule has 108 valence electrons. The molecule has 3 rings (SSSR count). The minimum absolute atomic E-state index is 0.110. The zero-order valence-corrected chi connectivity index (χ0v) is 11.5. The van der Waals surface area contributed by atoms with Crippen molar-refractivity contribution in [2.24, 2.45) is 5.92 Å². The van der Waals surface area contributed by atoms with Crippen molar-refractivity contribution >= 4 is 12.1 Å². The Bertz CT molecular complexity index is 451. The van der Waals surface area contributed by atoms with E-state index in [0.29, 0.717) is 17.9 Å². The Balaban J connectivity index is 1.48. The number of hydrogen-bond donors (Lipinski definition) is 1. The van der Waals surface area contributed by atoms with Gasteiger partial charge in [0.15, 0.2) is 12.1 Å². The van der Waals surface area contributed by atoms with Crippen molar-refractivity contribution < 1.29 is 9.90 Å². The topological polar surface area (TPSA) is 69.6 Å². The van der Waals surface area contributed by atoms with Gasteiger partial charge in [0, 0.05) is 32.7 Å². The van der Waals surface area contributed by atoms with Crippen molar-refractivity contribution in [1.29, 1.82) is 0 Å². The summed E-state index contributed by atoms with van der Waals surface area (Å²) >= 11 is 0. The first-order valence-electron chi connectivity index (χ1n) is 7.19. The molecule has 0 amide bonds. The van der Waals surface area contributed by atoms with Gasteiger partial charge in [-0.15, -0.1) is 10.2 Å². The van der Waals surface area contributed by atoms with Gasteiger partial charge < -0.3 is 10.0 Å². The van der Waals surface area contributed by atoms with E-state index in [4.69, 9.17) is 0 Å². The molecule has 2 saturated heterocycles. The average molecular weight is 276 g/mol. The van der Waals surface area contributed by atoms with E-state index in [2.05, 4.69) is 20.0 Å². The normalized spacial score (nSPS) is 21.8. The highest BCUT2D eigenvalue weighted by atomic mass is 16.3. The van der Waals surface area contributed by atoms with E-state index < -0.39 is 0 Å². The van der Waals surface area contributed by atoms with E-state index in [9.17, 15) is 9.90 Å². The van der Waals surface area contributed by atoms with Crippen LogP contribution in [0.4, 0.5) is 5.82 Å². The zero-order valence-electron chi connectivity index (χ0n) is 11.5. The summed E-state index contributed by atoms with van der Waals surface area (Å²) < 4.78 is 0. The molecule has 0 aromatic carbocycles.